The van der Waals surface area contributed by atoms with Crippen molar-refractivity contribution < 1.29 is 9.47 Å². The minimum Gasteiger partial charge on any atom is -0.497 e. The van der Waals surface area contributed by atoms with E-state index in [-0.39, 0.29) is 0 Å². The Morgan fingerprint density at radius 1 is 1.22 bits per heavy atom. The summed E-state index contributed by atoms with van der Waals surface area (Å²) in [6.45, 7) is 8.19. The third kappa shape index (κ3) is 4.96. The second kappa shape index (κ2) is 6.64. The Hall–Kier alpha value is -1.22. The molecular formula is C15H25NO2. The second-order valence-corrected chi connectivity index (χ2v) is 5.66. The second-order valence-electron chi connectivity index (χ2n) is 5.66. The molecule has 0 amide bonds. The average molecular weight is 251 g/mol. The van der Waals surface area contributed by atoms with Gasteiger partial charge in [-0.2, -0.15) is 0 Å². The third-order valence-corrected chi connectivity index (χ3v) is 2.74. The first-order valence-electron chi connectivity index (χ1n) is 6.40. The fourth-order valence-corrected chi connectivity index (χ4v) is 1.62. The van der Waals surface area contributed by atoms with Crippen LogP contribution >= 0.6 is 0 Å². The summed E-state index contributed by atoms with van der Waals surface area (Å²) in [5.74, 6) is 1.80. The van der Waals surface area contributed by atoms with Crippen molar-refractivity contribution in [2.75, 3.05) is 20.8 Å². The highest BCUT2D eigenvalue weighted by Gasteiger charge is 2.11. The first-order valence-corrected chi connectivity index (χ1v) is 6.40. The number of hydrogen-bond acceptors (Lipinski definition) is 3. The number of ether oxygens (including phenoxy) is 2. The van der Waals surface area contributed by atoms with Gasteiger partial charge in [-0.15, -0.1) is 0 Å². The van der Waals surface area contributed by atoms with Crippen LogP contribution in [0.2, 0.25) is 0 Å². The average Bonchev–Trinajstić information content (AvgIpc) is 2.29. The normalized spacial score (nSPS) is 11.4. The maximum Gasteiger partial charge on any atom is 0.124 e. The molecule has 1 N–H and O–H groups in total. The summed E-state index contributed by atoms with van der Waals surface area (Å²) in [7, 11) is 3.61. The Kier molecular flexibility index (Phi) is 5.48. The van der Waals surface area contributed by atoms with Gasteiger partial charge in [0.15, 0.2) is 0 Å². The largest absolute Gasteiger partial charge is 0.497 e. The van der Waals surface area contributed by atoms with Crippen molar-refractivity contribution in [2.24, 2.45) is 5.41 Å². The van der Waals surface area contributed by atoms with E-state index in [4.69, 9.17) is 9.47 Å². The van der Waals surface area contributed by atoms with Crippen molar-refractivity contribution in [2.45, 2.75) is 33.7 Å². The maximum absolute atomic E-state index is 5.87. The van der Waals surface area contributed by atoms with Gasteiger partial charge in [0.25, 0.3) is 0 Å². The van der Waals surface area contributed by atoms with Crippen molar-refractivity contribution in [1.29, 1.82) is 0 Å². The van der Waals surface area contributed by atoms with Gasteiger partial charge in [0.1, 0.15) is 11.5 Å². The molecule has 0 bridgehead atoms. The Morgan fingerprint density at radius 2 is 1.94 bits per heavy atom. The number of hydrogen-bond donors (Lipinski definition) is 1. The minimum absolute atomic E-state index is 0.301. The summed E-state index contributed by atoms with van der Waals surface area (Å²) >= 11 is 0. The van der Waals surface area contributed by atoms with Crippen molar-refractivity contribution in [3.05, 3.63) is 23.8 Å². The minimum atomic E-state index is 0.301. The molecule has 102 valence electrons. The molecule has 1 aromatic rings. The lowest BCUT2D eigenvalue weighted by molar-refractivity contribution is 0.241. The number of nitrogens with one attached hydrogen (secondary N) is 1. The van der Waals surface area contributed by atoms with Crippen molar-refractivity contribution >= 4 is 0 Å². The van der Waals surface area contributed by atoms with Crippen LogP contribution in [0.1, 0.15) is 32.8 Å². The molecule has 1 aromatic carbocycles. The van der Waals surface area contributed by atoms with Gasteiger partial charge in [-0.1, -0.05) is 20.8 Å². The number of rotatable bonds is 6. The lowest BCUT2D eigenvalue weighted by atomic mass is 9.93. The van der Waals surface area contributed by atoms with Crippen LogP contribution < -0.4 is 14.8 Å². The number of methoxy groups -OCH3 is 1. The van der Waals surface area contributed by atoms with Crippen LogP contribution in [0.3, 0.4) is 0 Å². The first kappa shape index (κ1) is 14.8. The van der Waals surface area contributed by atoms with Crippen molar-refractivity contribution in [3.63, 3.8) is 0 Å². The predicted molar refractivity (Wildman–Crippen MR) is 75.3 cm³/mol. The molecule has 0 fully saturated rings. The van der Waals surface area contributed by atoms with Crippen molar-refractivity contribution in [3.8, 4) is 11.5 Å². The van der Waals surface area contributed by atoms with E-state index in [1.54, 1.807) is 7.11 Å². The molecular weight excluding hydrogens is 226 g/mol. The SMILES string of the molecule is CNCc1cc(OC)ccc1OCCC(C)(C)C. The monoisotopic (exact) mass is 251 g/mol. The molecule has 1 rings (SSSR count). The summed E-state index contributed by atoms with van der Waals surface area (Å²) in [5, 5.41) is 3.15. The maximum atomic E-state index is 5.87. The molecule has 0 saturated carbocycles. The Morgan fingerprint density at radius 3 is 2.50 bits per heavy atom. The van der Waals surface area contributed by atoms with Crippen LogP contribution in [-0.2, 0) is 6.54 Å². The zero-order valence-electron chi connectivity index (χ0n) is 12.2. The highest BCUT2D eigenvalue weighted by Crippen LogP contribution is 2.25. The Labute approximate surface area is 110 Å². The summed E-state index contributed by atoms with van der Waals surface area (Å²) in [6.07, 6.45) is 1.04. The molecule has 0 radical (unpaired) electrons. The highest BCUT2D eigenvalue weighted by atomic mass is 16.5. The van der Waals surface area contributed by atoms with Gasteiger partial charge < -0.3 is 14.8 Å². The molecule has 0 aliphatic heterocycles. The van der Waals surface area contributed by atoms with Crippen molar-refractivity contribution in [1.82, 2.24) is 5.32 Å². The van der Waals surface area contributed by atoms with E-state index in [1.807, 2.05) is 25.2 Å². The van der Waals surface area contributed by atoms with E-state index in [0.717, 1.165) is 36.6 Å². The van der Waals surface area contributed by atoms with Gasteiger partial charge in [0, 0.05) is 12.1 Å². The van der Waals surface area contributed by atoms with Crippen LogP contribution in [0.15, 0.2) is 18.2 Å². The Bertz CT molecular complexity index is 369. The van der Waals surface area contributed by atoms with Gasteiger partial charge in [0.05, 0.1) is 13.7 Å². The van der Waals surface area contributed by atoms with E-state index in [0.29, 0.717) is 5.41 Å². The van der Waals surface area contributed by atoms with Crippen LogP contribution in [0.4, 0.5) is 0 Å². The summed E-state index contributed by atoms with van der Waals surface area (Å²) < 4.78 is 11.1. The van der Waals surface area contributed by atoms with E-state index in [2.05, 4.69) is 26.1 Å². The first-order chi connectivity index (χ1) is 8.46. The van der Waals surface area contributed by atoms with Crippen LogP contribution in [0.5, 0.6) is 11.5 Å². The number of benzene rings is 1. The molecule has 18 heavy (non-hydrogen) atoms. The summed E-state index contributed by atoms with van der Waals surface area (Å²) in [5.41, 5.74) is 1.43. The van der Waals surface area contributed by atoms with E-state index in [9.17, 15) is 0 Å². The molecule has 0 unspecified atom stereocenters. The van der Waals surface area contributed by atoms with Gasteiger partial charge in [-0.25, -0.2) is 0 Å². The Balaban J connectivity index is 2.68. The zero-order chi connectivity index (χ0) is 13.6. The molecule has 0 heterocycles. The molecule has 0 spiro atoms. The zero-order valence-corrected chi connectivity index (χ0v) is 12.2. The topological polar surface area (TPSA) is 30.5 Å². The fourth-order valence-electron chi connectivity index (χ4n) is 1.62. The quantitative estimate of drug-likeness (QED) is 0.842. The fraction of sp³-hybridized carbons (Fsp3) is 0.600. The van der Waals surface area contributed by atoms with E-state index < -0.39 is 0 Å². The molecule has 0 atom stereocenters. The van der Waals surface area contributed by atoms with Crippen LogP contribution in [0, 0.1) is 5.41 Å². The van der Waals surface area contributed by atoms with Crippen LogP contribution in [-0.4, -0.2) is 20.8 Å². The smallest absolute Gasteiger partial charge is 0.124 e. The molecule has 0 aliphatic carbocycles. The lowest BCUT2D eigenvalue weighted by Crippen LogP contribution is -2.13. The van der Waals surface area contributed by atoms with E-state index >= 15 is 0 Å². The molecule has 0 saturated heterocycles. The van der Waals surface area contributed by atoms with Crippen LogP contribution in [0.25, 0.3) is 0 Å². The molecule has 0 aliphatic rings. The molecule has 3 nitrogen and oxygen atoms in total. The highest BCUT2D eigenvalue weighted by molar-refractivity contribution is 5.40. The van der Waals surface area contributed by atoms with Gasteiger partial charge in [0.2, 0.25) is 0 Å². The van der Waals surface area contributed by atoms with Gasteiger partial charge in [-0.3, -0.25) is 0 Å². The molecule has 0 aromatic heterocycles. The predicted octanol–water partition coefficient (Wildman–Crippen LogP) is 3.23. The third-order valence-electron chi connectivity index (χ3n) is 2.74. The standard InChI is InChI=1S/C15H25NO2/c1-15(2,3)8-9-18-14-7-6-13(17-5)10-12(14)11-16-4/h6-7,10,16H,8-9,11H2,1-5H3. The summed E-state index contributed by atoms with van der Waals surface area (Å²) in [6, 6.07) is 5.93. The lowest BCUT2D eigenvalue weighted by Gasteiger charge is -2.19. The van der Waals surface area contributed by atoms with E-state index in [1.165, 1.54) is 0 Å². The summed E-state index contributed by atoms with van der Waals surface area (Å²) in [4.78, 5) is 0. The molecule has 3 heteroatoms. The van der Waals surface area contributed by atoms with Gasteiger partial charge >= 0.3 is 0 Å². The van der Waals surface area contributed by atoms with Gasteiger partial charge in [-0.05, 0) is 37.1 Å².